The van der Waals surface area contributed by atoms with Crippen molar-refractivity contribution in [2.24, 2.45) is 0 Å². The highest BCUT2D eigenvalue weighted by atomic mass is 19.4. The molecule has 20 heavy (non-hydrogen) atoms. The summed E-state index contributed by atoms with van der Waals surface area (Å²) in [4.78, 5) is 11.9. The predicted octanol–water partition coefficient (Wildman–Crippen LogP) is 2.92. The molecule has 0 aromatic carbocycles. The van der Waals surface area contributed by atoms with Gasteiger partial charge in [0.1, 0.15) is 6.20 Å². The topological polar surface area (TPSA) is 74.5 Å². The van der Waals surface area contributed by atoms with Gasteiger partial charge in [-0.15, -0.1) is 13.2 Å². The van der Waals surface area contributed by atoms with Gasteiger partial charge >= 0.3 is 18.2 Å². The van der Waals surface area contributed by atoms with Gasteiger partial charge in [0.15, 0.2) is 5.56 Å². The summed E-state index contributed by atoms with van der Waals surface area (Å²) in [7, 11) is 0.596. The maximum atomic E-state index is 12.7. The van der Waals surface area contributed by atoms with E-state index in [0.717, 1.165) is 0 Å². The second-order valence-corrected chi connectivity index (χ2v) is 3.16. The van der Waals surface area contributed by atoms with Crippen molar-refractivity contribution < 1.29 is 40.7 Å². The molecule has 0 radical (unpaired) electrons. The van der Waals surface area contributed by atoms with E-state index in [1.54, 1.807) is 0 Å². The lowest BCUT2D eigenvalue weighted by Crippen LogP contribution is -2.20. The maximum absolute atomic E-state index is 12.7. The van der Waals surface area contributed by atoms with Gasteiger partial charge in [0, 0.05) is 0 Å². The highest BCUT2D eigenvalue weighted by Crippen LogP contribution is 2.46. The van der Waals surface area contributed by atoms with E-state index in [4.69, 9.17) is 0 Å². The zero-order valence-electron chi connectivity index (χ0n) is 9.37. The first-order valence-corrected chi connectivity index (χ1v) is 4.51. The molecular weight excluding hydrogens is 302 g/mol. The SMILES string of the molecule is COc1c(OC(F)(F)F)ncc([N+](=O)[O-])c1C(F)(F)F. The molecule has 1 rings (SSSR count). The fourth-order valence-corrected chi connectivity index (χ4v) is 1.25. The Balaban J connectivity index is 3.57. The van der Waals surface area contributed by atoms with E-state index >= 15 is 0 Å². The van der Waals surface area contributed by atoms with Gasteiger partial charge in [0.05, 0.1) is 12.0 Å². The molecule has 0 saturated heterocycles. The maximum Gasteiger partial charge on any atom is 0.574 e. The number of ether oxygens (including phenoxy) is 2. The smallest absolute Gasteiger partial charge is 0.491 e. The van der Waals surface area contributed by atoms with Crippen LogP contribution in [-0.2, 0) is 6.18 Å². The van der Waals surface area contributed by atoms with Crippen LogP contribution in [0.2, 0.25) is 0 Å². The Hall–Kier alpha value is -2.27. The molecule has 0 aliphatic heterocycles. The molecule has 0 spiro atoms. The van der Waals surface area contributed by atoms with Crippen LogP contribution in [0.3, 0.4) is 0 Å². The molecule has 1 aromatic rings. The average molecular weight is 306 g/mol. The number of aromatic nitrogens is 1. The quantitative estimate of drug-likeness (QED) is 0.487. The summed E-state index contributed by atoms with van der Waals surface area (Å²) >= 11 is 0. The zero-order chi connectivity index (χ0) is 15.7. The number of halogens is 6. The van der Waals surface area contributed by atoms with Gasteiger partial charge in [-0.05, 0) is 0 Å². The molecule has 1 heterocycles. The predicted molar refractivity (Wildman–Crippen MR) is 49.1 cm³/mol. The van der Waals surface area contributed by atoms with Crippen LogP contribution in [-0.4, -0.2) is 23.4 Å². The van der Waals surface area contributed by atoms with Gasteiger partial charge in [-0.25, -0.2) is 4.98 Å². The molecule has 0 aliphatic rings. The first-order chi connectivity index (χ1) is 8.97. The second kappa shape index (κ2) is 5.02. The highest BCUT2D eigenvalue weighted by Gasteiger charge is 2.45. The molecular formula is C8H4F6N2O4. The third kappa shape index (κ3) is 3.39. The van der Waals surface area contributed by atoms with Gasteiger partial charge in [-0.1, -0.05) is 0 Å². The van der Waals surface area contributed by atoms with E-state index in [1.165, 1.54) is 0 Å². The third-order valence-corrected chi connectivity index (χ3v) is 1.88. The van der Waals surface area contributed by atoms with E-state index in [2.05, 4.69) is 14.5 Å². The van der Waals surface area contributed by atoms with E-state index in [-0.39, 0.29) is 6.20 Å². The standard InChI is InChI=1S/C8H4F6N2O4/c1-19-5-4(7(9,10)11)3(16(17)18)2-15-6(5)20-8(12,13)14/h2H,1H3. The minimum atomic E-state index is -5.33. The molecule has 0 fully saturated rings. The fraction of sp³-hybridized carbons (Fsp3) is 0.375. The number of rotatable bonds is 3. The fourth-order valence-electron chi connectivity index (χ4n) is 1.25. The Morgan fingerprint density at radius 1 is 1.25 bits per heavy atom. The largest absolute Gasteiger partial charge is 0.574 e. The van der Waals surface area contributed by atoms with Crippen LogP contribution in [0.4, 0.5) is 32.0 Å². The van der Waals surface area contributed by atoms with Gasteiger partial charge in [-0.2, -0.15) is 13.2 Å². The average Bonchev–Trinajstić information content (AvgIpc) is 2.24. The lowest BCUT2D eigenvalue weighted by molar-refractivity contribution is -0.388. The Labute approximate surface area is 106 Å². The molecule has 0 N–H and O–H groups in total. The molecule has 112 valence electrons. The Morgan fingerprint density at radius 2 is 1.80 bits per heavy atom. The Morgan fingerprint density at radius 3 is 2.15 bits per heavy atom. The van der Waals surface area contributed by atoms with Crippen LogP contribution >= 0.6 is 0 Å². The number of alkyl halides is 6. The number of hydrogen-bond acceptors (Lipinski definition) is 5. The van der Waals surface area contributed by atoms with Crippen molar-refractivity contribution in [1.82, 2.24) is 4.98 Å². The molecule has 0 bridgehead atoms. The van der Waals surface area contributed by atoms with Gasteiger partial charge in [0.25, 0.3) is 5.88 Å². The molecule has 0 amide bonds. The number of nitro groups is 1. The first-order valence-electron chi connectivity index (χ1n) is 4.51. The van der Waals surface area contributed by atoms with Crippen LogP contribution in [0.25, 0.3) is 0 Å². The Kier molecular flexibility index (Phi) is 3.96. The Bertz CT molecular complexity index is 527. The zero-order valence-corrected chi connectivity index (χ0v) is 9.37. The summed E-state index contributed by atoms with van der Waals surface area (Å²) in [5, 5.41) is 10.5. The minimum Gasteiger partial charge on any atom is -0.491 e. The highest BCUT2D eigenvalue weighted by molar-refractivity contribution is 5.54. The number of nitrogens with zero attached hydrogens (tertiary/aromatic N) is 2. The van der Waals surface area contributed by atoms with Crippen LogP contribution < -0.4 is 9.47 Å². The van der Waals surface area contributed by atoms with Crippen molar-refractivity contribution >= 4 is 5.69 Å². The number of pyridine rings is 1. The summed E-state index contributed by atoms with van der Waals surface area (Å²) < 4.78 is 81.6. The molecule has 0 saturated carbocycles. The molecule has 6 nitrogen and oxygen atoms in total. The minimum absolute atomic E-state index is 0.00637. The number of hydrogen-bond donors (Lipinski definition) is 0. The van der Waals surface area contributed by atoms with Crippen LogP contribution in [0.15, 0.2) is 6.20 Å². The van der Waals surface area contributed by atoms with Gasteiger partial charge < -0.3 is 9.47 Å². The van der Waals surface area contributed by atoms with Crippen molar-refractivity contribution in [3.63, 3.8) is 0 Å². The normalized spacial score (nSPS) is 12.2. The second-order valence-electron chi connectivity index (χ2n) is 3.16. The third-order valence-electron chi connectivity index (χ3n) is 1.88. The lowest BCUT2D eigenvalue weighted by Gasteiger charge is -2.15. The van der Waals surface area contributed by atoms with Crippen molar-refractivity contribution in [2.45, 2.75) is 12.5 Å². The van der Waals surface area contributed by atoms with Gasteiger partial charge in [-0.3, -0.25) is 10.1 Å². The summed E-state index contributed by atoms with van der Waals surface area (Å²) in [6.07, 6.45) is -10.7. The van der Waals surface area contributed by atoms with Gasteiger partial charge in [0.2, 0.25) is 5.75 Å². The van der Waals surface area contributed by atoms with Crippen molar-refractivity contribution in [3.05, 3.63) is 21.9 Å². The van der Waals surface area contributed by atoms with E-state index in [1.807, 2.05) is 0 Å². The van der Waals surface area contributed by atoms with E-state index in [9.17, 15) is 36.5 Å². The number of methoxy groups -OCH3 is 1. The van der Waals surface area contributed by atoms with E-state index in [0.29, 0.717) is 7.11 Å². The molecule has 12 heteroatoms. The molecule has 0 unspecified atom stereocenters. The van der Waals surface area contributed by atoms with Crippen molar-refractivity contribution in [2.75, 3.05) is 7.11 Å². The summed E-state index contributed by atoms with van der Waals surface area (Å²) in [5.74, 6) is -3.10. The molecule has 0 atom stereocenters. The summed E-state index contributed by atoms with van der Waals surface area (Å²) in [5.41, 5.74) is -3.57. The van der Waals surface area contributed by atoms with Crippen LogP contribution in [0.5, 0.6) is 11.6 Å². The lowest BCUT2D eigenvalue weighted by atomic mass is 10.2. The van der Waals surface area contributed by atoms with Crippen LogP contribution in [0, 0.1) is 10.1 Å². The van der Waals surface area contributed by atoms with Crippen molar-refractivity contribution in [3.8, 4) is 11.6 Å². The van der Waals surface area contributed by atoms with Crippen molar-refractivity contribution in [1.29, 1.82) is 0 Å². The molecule has 1 aromatic heterocycles. The summed E-state index contributed by atoms with van der Waals surface area (Å²) in [6, 6.07) is 0. The van der Waals surface area contributed by atoms with E-state index < -0.39 is 40.3 Å². The molecule has 0 aliphatic carbocycles. The summed E-state index contributed by atoms with van der Waals surface area (Å²) in [6.45, 7) is 0. The monoisotopic (exact) mass is 306 g/mol. The first kappa shape index (κ1) is 15.8. The van der Waals surface area contributed by atoms with Crippen LogP contribution in [0.1, 0.15) is 5.56 Å².